The second-order valence-electron chi connectivity index (χ2n) is 3.12. The number of rotatable bonds is 2. The number of nitrogens with one attached hydrogen (secondary N) is 1. The van der Waals surface area contributed by atoms with Gasteiger partial charge in [-0.2, -0.15) is 0 Å². The van der Waals surface area contributed by atoms with Crippen molar-refractivity contribution in [2.24, 2.45) is 0 Å². The van der Waals surface area contributed by atoms with Gasteiger partial charge in [0.1, 0.15) is 0 Å². The van der Waals surface area contributed by atoms with Gasteiger partial charge in [0.25, 0.3) is 0 Å². The van der Waals surface area contributed by atoms with E-state index in [0.29, 0.717) is 21.5 Å². The standard InChI is InChI=1S/C10H8ClNO3/c11-7-2-1-5(4-13)8-6(10(14)15)3-12-9(7)8/h1-3,12-13H,4H2,(H,14,15). The third-order valence-electron chi connectivity index (χ3n) is 2.27. The number of carbonyl (C=O) groups is 1. The number of aliphatic hydroxyl groups is 1. The van der Waals surface area contributed by atoms with Gasteiger partial charge in [-0.05, 0) is 11.6 Å². The highest BCUT2D eigenvalue weighted by Crippen LogP contribution is 2.28. The lowest BCUT2D eigenvalue weighted by molar-refractivity contribution is 0.0699. The zero-order chi connectivity index (χ0) is 11.0. The lowest BCUT2D eigenvalue weighted by Crippen LogP contribution is -1.96. The highest BCUT2D eigenvalue weighted by atomic mass is 35.5. The average Bonchev–Trinajstić information content (AvgIpc) is 2.64. The Bertz CT molecular complexity index is 533. The van der Waals surface area contributed by atoms with Crippen molar-refractivity contribution in [1.29, 1.82) is 0 Å². The van der Waals surface area contributed by atoms with Crippen molar-refractivity contribution in [3.63, 3.8) is 0 Å². The van der Waals surface area contributed by atoms with Crippen molar-refractivity contribution >= 4 is 28.5 Å². The maximum atomic E-state index is 10.9. The molecule has 0 aliphatic rings. The summed E-state index contributed by atoms with van der Waals surface area (Å²) in [7, 11) is 0. The second-order valence-corrected chi connectivity index (χ2v) is 3.53. The smallest absolute Gasteiger partial charge is 0.337 e. The van der Waals surface area contributed by atoms with Crippen LogP contribution in [0.1, 0.15) is 15.9 Å². The quantitative estimate of drug-likeness (QED) is 0.732. The number of H-pyrrole nitrogens is 1. The van der Waals surface area contributed by atoms with Gasteiger partial charge in [0.05, 0.1) is 22.7 Å². The third kappa shape index (κ3) is 1.48. The van der Waals surface area contributed by atoms with Crippen LogP contribution in [0.5, 0.6) is 0 Å². The van der Waals surface area contributed by atoms with Crippen LogP contribution < -0.4 is 0 Å². The summed E-state index contributed by atoms with van der Waals surface area (Å²) in [6.07, 6.45) is 1.37. The van der Waals surface area contributed by atoms with E-state index in [-0.39, 0.29) is 12.2 Å². The fraction of sp³-hybridized carbons (Fsp3) is 0.100. The Morgan fingerprint density at radius 1 is 1.47 bits per heavy atom. The van der Waals surface area contributed by atoms with Crippen molar-refractivity contribution in [3.05, 3.63) is 34.5 Å². The van der Waals surface area contributed by atoms with Gasteiger partial charge in [-0.1, -0.05) is 17.7 Å². The summed E-state index contributed by atoms with van der Waals surface area (Å²) in [6.45, 7) is -0.216. The Kier molecular flexibility index (Phi) is 2.38. The van der Waals surface area contributed by atoms with Crippen LogP contribution in [0.15, 0.2) is 18.3 Å². The summed E-state index contributed by atoms with van der Waals surface area (Å²) in [4.78, 5) is 13.7. The molecule has 0 fully saturated rings. The van der Waals surface area contributed by atoms with Gasteiger partial charge >= 0.3 is 5.97 Å². The summed E-state index contributed by atoms with van der Waals surface area (Å²) >= 11 is 5.90. The molecule has 1 aromatic carbocycles. The largest absolute Gasteiger partial charge is 0.478 e. The van der Waals surface area contributed by atoms with E-state index in [1.807, 2.05) is 0 Å². The highest BCUT2D eigenvalue weighted by molar-refractivity contribution is 6.35. The molecule has 3 N–H and O–H groups in total. The molecule has 0 unspecified atom stereocenters. The predicted molar refractivity (Wildman–Crippen MR) is 56.2 cm³/mol. The summed E-state index contributed by atoms with van der Waals surface area (Å²) < 4.78 is 0. The monoisotopic (exact) mass is 225 g/mol. The van der Waals surface area contributed by atoms with Crippen LogP contribution in [0.25, 0.3) is 10.9 Å². The molecule has 4 nitrogen and oxygen atoms in total. The molecule has 5 heteroatoms. The van der Waals surface area contributed by atoms with Crippen LogP contribution in [0.3, 0.4) is 0 Å². The maximum absolute atomic E-state index is 10.9. The number of benzene rings is 1. The number of aromatic carboxylic acids is 1. The first-order valence-corrected chi connectivity index (χ1v) is 4.65. The van der Waals surface area contributed by atoms with Gasteiger partial charge in [0.15, 0.2) is 0 Å². The van der Waals surface area contributed by atoms with Crippen molar-refractivity contribution < 1.29 is 15.0 Å². The molecule has 0 saturated carbocycles. The fourth-order valence-electron chi connectivity index (χ4n) is 1.59. The van der Waals surface area contributed by atoms with E-state index >= 15 is 0 Å². The highest BCUT2D eigenvalue weighted by Gasteiger charge is 2.15. The van der Waals surface area contributed by atoms with Gasteiger partial charge in [-0.15, -0.1) is 0 Å². The Hall–Kier alpha value is -1.52. The second kappa shape index (κ2) is 3.56. The van der Waals surface area contributed by atoms with Crippen LogP contribution in [0.4, 0.5) is 0 Å². The maximum Gasteiger partial charge on any atom is 0.337 e. The third-order valence-corrected chi connectivity index (χ3v) is 2.59. The van der Waals surface area contributed by atoms with E-state index in [4.69, 9.17) is 21.8 Å². The molecular weight excluding hydrogens is 218 g/mol. The number of carboxylic acids is 1. The molecule has 0 amide bonds. The Labute approximate surface area is 90.1 Å². The molecule has 15 heavy (non-hydrogen) atoms. The molecule has 2 aromatic rings. The van der Waals surface area contributed by atoms with Crippen LogP contribution in [-0.2, 0) is 6.61 Å². The molecule has 0 bridgehead atoms. The molecule has 1 aromatic heterocycles. The molecule has 0 spiro atoms. The van der Waals surface area contributed by atoms with Gasteiger partial charge in [0.2, 0.25) is 0 Å². The van der Waals surface area contributed by atoms with E-state index in [2.05, 4.69) is 4.98 Å². The molecule has 0 radical (unpaired) electrons. The zero-order valence-corrected chi connectivity index (χ0v) is 8.38. The minimum Gasteiger partial charge on any atom is -0.478 e. The van der Waals surface area contributed by atoms with E-state index in [9.17, 15) is 4.79 Å². The minimum absolute atomic E-state index is 0.122. The topological polar surface area (TPSA) is 73.3 Å². The number of aromatic amines is 1. The number of aromatic nitrogens is 1. The van der Waals surface area contributed by atoms with E-state index in [1.54, 1.807) is 12.1 Å². The first-order chi connectivity index (χ1) is 7.15. The lowest BCUT2D eigenvalue weighted by Gasteiger charge is -2.01. The van der Waals surface area contributed by atoms with Crippen molar-refractivity contribution in [2.45, 2.75) is 6.61 Å². The van der Waals surface area contributed by atoms with Crippen LogP contribution in [0, 0.1) is 0 Å². The Morgan fingerprint density at radius 2 is 2.20 bits per heavy atom. The molecular formula is C10H8ClNO3. The molecule has 0 aliphatic heterocycles. The van der Waals surface area contributed by atoms with Crippen LogP contribution in [0.2, 0.25) is 5.02 Å². The predicted octanol–water partition coefficient (Wildman–Crippen LogP) is 2.01. The van der Waals surface area contributed by atoms with Gasteiger partial charge in [-0.25, -0.2) is 4.79 Å². The molecule has 0 atom stereocenters. The number of hydrogen-bond acceptors (Lipinski definition) is 2. The molecule has 0 saturated heterocycles. The van der Waals surface area contributed by atoms with E-state index in [0.717, 1.165) is 0 Å². The Morgan fingerprint density at radius 3 is 2.80 bits per heavy atom. The fourth-order valence-corrected chi connectivity index (χ4v) is 1.80. The van der Waals surface area contributed by atoms with Crippen LogP contribution >= 0.6 is 11.6 Å². The lowest BCUT2D eigenvalue weighted by atomic mass is 10.1. The summed E-state index contributed by atoms with van der Waals surface area (Å²) in [6, 6.07) is 3.24. The first kappa shape index (κ1) is 10.0. The molecule has 78 valence electrons. The zero-order valence-electron chi connectivity index (χ0n) is 7.62. The van der Waals surface area contributed by atoms with Gasteiger partial charge < -0.3 is 15.2 Å². The van der Waals surface area contributed by atoms with Crippen molar-refractivity contribution in [2.75, 3.05) is 0 Å². The number of halogens is 1. The summed E-state index contributed by atoms with van der Waals surface area (Å²) in [5.41, 5.74) is 1.21. The molecule has 0 aliphatic carbocycles. The summed E-state index contributed by atoms with van der Waals surface area (Å²) in [5, 5.41) is 18.9. The normalized spacial score (nSPS) is 10.8. The van der Waals surface area contributed by atoms with Gasteiger partial charge in [-0.3, -0.25) is 0 Å². The number of carboxylic acid groups (broad SMARTS) is 1. The van der Waals surface area contributed by atoms with Crippen molar-refractivity contribution in [1.82, 2.24) is 4.98 Å². The van der Waals surface area contributed by atoms with E-state index < -0.39 is 5.97 Å². The number of aliphatic hydroxyl groups excluding tert-OH is 1. The average molecular weight is 226 g/mol. The minimum atomic E-state index is -1.04. The van der Waals surface area contributed by atoms with Crippen molar-refractivity contribution in [3.8, 4) is 0 Å². The number of hydrogen-bond donors (Lipinski definition) is 3. The molecule has 1 heterocycles. The molecule has 2 rings (SSSR count). The SMILES string of the molecule is O=C(O)c1c[nH]c2c(Cl)ccc(CO)c12. The van der Waals surface area contributed by atoms with Crippen LogP contribution in [-0.4, -0.2) is 21.2 Å². The summed E-state index contributed by atoms with van der Waals surface area (Å²) in [5.74, 6) is -1.04. The Balaban J connectivity index is 2.86. The first-order valence-electron chi connectivity index (χ1n) is 4.27. The van der Waals surface area contributed by atoms with Gasteiger partial charge in [0, 0.05) is 11.6 Å². The van der Waals surface area contributed by atoms with E-state index in [1.165, 1.54) is 6.20 Å². The number of fused-ring (bicyclic) bond motifs is 1.